The van der Waals surface area contributed by atoms with Gasteiger partial charge in [-0.25, -0.2) is 8.42 Å². The minimum Gasteiger partial charge on any atom is -0.312 e. The molecule has 7 heteroatoms. The number of carbonyl (C=O) groups excluding carboxylic acids is 1. The van der Waals surface area contributed by atoms with Gasteiger partial charge in [0.1, 0.15) is 0 Å². The highest BCUT2D eigenvalue weighted by Crippen LogP contribution is 2.33. The second-order valence-electron chi connectivity index (χ2n) is 7.86. The van der Waals surface area contributed by atoms with Gasteiger partial charge in [0.05, 0.1) is 4.90 Å². The van der Waals surface area contributed by atoms with Crippen molar-refractivity contribution < 1.29 is 13.2 Å². The average molecular weight is 477 g/mol. The molecular formula is C22H25BrN2O3S. The molecule has 0 saturated carbocycles. The first-order valence-electron chi connectivity index (χ1n) is 10.0. The Kier molecular flexibility index (Phi) is 5.82. The highest BCUT2D eigenvalue weighted by atomic mass is 79.9. The Morgan fingerprint density at radius 2 is 1.72 bits per heavy atom. The number of benzene rings is 2. The van der Waals surface area contributed by atoms with E-state index in [0.29, 0.717) is 30.8 Å². The van der Waals surface area contributed by atoms with Crippen molar-refractivity contribution in [1.29, 1.82) is 0 Å². The number of carbonyl (C=O) groups is 1. The highest BCUT2D eigenvalue weighted by Gasteiger charge is 2.35. The van der Waals surface area contributed by atoms with Gasteiger partial charge < -0.3 is 4.90 Å². The maximum absolute atomic E-state index is 13.2. The lowest BCUT2D eigenvalue weighted by molar-refractivity contribution is -0.123. The number of amides is 1. The van der Waals surface area contributed by atoms with Crippen molar-refractivity contribution >= 4 is 37.5 Å². The molecule has 4 rings (SSSR count). The van der Waals surface area contributed by atoms with Gasteiger partial charge >= 0.3 is 0 Å². The third-order valence-electron chi connectivity index (χ3n) is 5.89. The summed E-state index contributed by atoms with van der Waals surface area (Å²) >= 11 is 3.51. The zero-order valence-corrected chi connectivity index (χ0v) is 18.9. The molecule has 0 radical (unpaired) electrons. The Hall–Kier alpha value is -1.70. The third-order valence-corrected chi connectivity index (χ3v) is 8.29. The van der Waals surface area contributed by atoms with Crippen LogP contribution in [0, 0.1) is 12.8 Å². The van der Waals surface area contributed by atoms with Gasteiger partial charge in [0.25, 0.3) is 0 Å². The predicted octanol–water partition coefficient (Wildman–Crippen LogP) is 4.14. The fraction of sp³-hybridized carbons (Fsp3) is 0.409. The summed E-state index contributed by atoms with van der Waals surface area (Å²) in [6.45, 7) is 3.43. The van der Waals surface area contributed by atoms with E-state index in [0.717, 1.165) is 35.1 Å². The Bertz CT molecular complexity index is 1010. The Balaban J connectivity index is 1.45. The molecule has 2 aromatic rings. The summed E-state index contributed by atoms with van der Waals surface area (Å²) in [5.41, 5.74) is 3.22. The number of halogens is 1. The van der Waals surface area contributed by atoms with E-state index < -0.39 is 10.0 Å². The third kappa shape index (κ3) is 4.13. The number of hydrogen-bond donors (Lipinski definition) is 0. The van der Waals surface area contributed by atoms with Crippen molar-refractivity contribution in [2.75, 3.05) is 24.5 Å². The van der Waals surface area contributed by atoms with E-state index in [1.54, 1.807) is 12.1 Å². The maximum Gasteiger partial charge on any atom is 0.243 e. The predicted molar refractivity (Wildman–Crippen MR) is 117 cm³/mol. The second-order valence-corrected chi connectivity index (χ2v) is 10.7. The Morgan fingerprint density at radius 1 is 1.03 bits per heavy atom. The van der Waals surface area contributed by atoms with E-state index >= 15 is 0 Å². The first-order chi connectivity index (χ1) is 13.9. The smallest absolute Gasteiger partial charge is 0.243 e. The summed E-state index contributed by atoms with van der Waals surface area (Å²) in [7, 11) is -3.50. The zero-order valence-electron chi connectivity index (χ0n) is 16.5. The summed E-state index contributed by atoms with van der Waals surface area (Å²) in [4.78, 5) is 15.4. The molecule has 0 atom stereocenters. The zero-order chi connectivity index (χ0) is 20.6. The Labute approximate surface area is 180 Å². The molecule has 2 heterocycles. The van der Waals surface area contributed by atoms with E-state index in [1.807, 2.05) is 36.1 Å². The lowest BCUT2D eigenvalue weighted by Gasteiger charge is -2.36. The van der Waals surface area contributed by atoms with E-state index in [4.69, 9.17) is 0 Å². The van der Waals surface area contributed by atoms with Crippen LogP contribution in [-0.2, 0) is 21.2 Å². The SMILES string of the molecule is Cc1ccc(S(=O)(=O)N2CCC(C(=O)N3CCCc4cc(Br)ccc43)CC2)cc1. The van der Waals surface area contributed by atoms with Gasteiger partial charge in [-0.05, 0) is 68.5 Å². The Morgan fingerprint density at radius 3 is 2.41 bits per heavy atom. The van der Waals surface area contributed by atoms with Gasteiger partial charge in [-0.1, -0.05) is 33.6 Å². The van der Waals surface area contributed by atoms with Gasteiger partial charge in [-0.2, -0.15) is 4.31 Å². The highest BCUT2D eigenvalue weighted by molar-refractivity contribution is 9.10. The van der Waals surface area contributed by atoms with Crippen LogP contribution in [0.2, 0.25) is 0 Å². The van der Waals surface area contributed by atoms with Gasteiger partial charge in [0.2, 0.25) is 15.9 Å². The van der Waals surface area contributed by atoms with E-state index in [2.05, 4.69) is 22.0 Å². The number of sulfonamides is 1. The molecule has 1 amide bonds. The number of fused-ring (bicyclic) bond motifs is 1. The summed E-state index contributed by atoms with van der Waals surface area (Å²) in [6.07, 6.45) is 3.06. The van der Waals surface area contributed by atoms with Crippen LogP contribution in [0.1, 0.15) is 30.4 Å². The van der Waals surface area contributed by atoms with Crippen LogP contribution >= 0.6 is 15.9 Å². The topological polar surface area (TPSA) is 57.7 Å². The van der Waals surface area contributed by atoms with Gasteiger partial charge in [0.15, 0.2) is 0 Å². The fourth-order valence-corrected chi connectivity index (χ4v) is 6.10. The van der Waals surface area contributed by atoms with Gasteiger partial charge in [-0.15, -0.1) is 0 Å². The largest absolute Gasteiger partial charge is 0.312 e. The molecule has 1 saturated heterocycles. The van der Waals surface area contributed by atoms with Crippen LogP contribution in [0.3, 0.4) is 0 Å². The van der Waals surface area contributed by atoms with E-state index in [9.17, 15) is 13.2 Å². The number of hydrogen-bond acceptors (Lipinski definition) is 3. The number of anilines is 1. The maximum atomic E-state index is 13.2. The monoisotopic (exact) mass is 476 g/mol. The van der Waals surface area contributed by atoms with Crippen LogP contribution in [0.15, 0.2) is 51.8 Å². The van der Waals surface area contributed by atoms with Crippen molar-refractivity contribution in [2.24, 2.45) is 5.92 Å². The van der Waals surface area contributed by atoms with Crippen LogP contribution in [0.4, 0.5) is 5.69 Å². The van der Waals surface area contributed by atoms with Gasteiger partial charge in [-0.3, -0.25) is 4.79 Å². The first kappa shape index (κ1) is 20.6. The van der Waals surface area contributed by atoms with Crippen molar-refractivity contribution in [1.82, 2.24) is 4.31 Å². The molecule has 154 valence electrons. The molecule has 0 N–H and O–H groups in total. The fourth-order valence-electron chi connectivity index (χ4n) is 4.22. The number of rotatable bonds is 3. The summed E-state index contributed by atoms with van der Waals surface area (Å²) in [5.74, 6) is -0.00489. The van der Waals surface area contributed by atoms with E-state index in [1.165, 1.54) is 9.87 Å². The van der Waals surface area contributed by atoms with Crippen molar-refractivity contribution in [2.45, 2.75) is 37.5 Å². The molecule has 2 aliphatic heterocycles. The molecule has 0 aromatic heterocycles. The van der Waals surface area contributed by atoms with Crippen molar-refractivity contribution in [3.63, 3.8) is 0 Å². The average Bonchev–Trinajstić information content (AvgIpc) is 2.73. The molecule has 0 unspecified atom stereocenters. The first-order valence-corrected chi connectivity index (χ1v) is 12.3. The molecular weight excluding hydrogens is 452 g/mol. The molecule has 0 spiro atoms. The molecule has 29 heavy (non-hydrogen) atoms. The normalized spacial score (nSPS) is 18.5. The molecule has 5 nitrogen and oxygen atoms in total. The van der Waals surface area contributed by atoms with Crippen LogP contribution < -0.4 is 4.90 Å². The number of nitrogens with zero attached hydrogens (tertiary/aromatic N) is 2. The standard InChI is InChI=1S/C22H25BrN2O3S/c1-16-4-7-20(8-5-16)29(27,28)24-13-10-17(11-14-24)22(26)25-12-2-3-18-15-19(23)6-9-21(18)25/h4-9,15,17H,2-3,10-14H2,1H3. The van der Waals surface area contributed by atoms with Crippen LogP contribution in [0.25, 0.3) is 0 Å². The van der Waals surface area contributed by atoms with Crippen molar-refractivity contribution in [3.05, 3.63) is 58.1 Å². The lowest BCUT2D eigenvalue weighted by atomic mass is 9.94. The van der Waals surface area contributed by atoms with Crippen LogP contribution in [-0.4, -0.2) is 38.3 Å². The van der Waals surface area contributed by atoms with Crippen molar-refractivity contribution in [3.8, 4) is 0 Å². The minimum atomic E-state index is -3.50. The molecule has 0 aliphatic carbocycles. The van der Waals surface area contributed by atoms with E-state index in [-0.39, 0.29) is 11.8 Å². The molecule has 2 aliphatic rings. The van der Waals surface area contributed by atoms with Gasteiger partial charge in [0, 0.05) is 35.7 Å². The molecule has 1 fully saturated rings. The number of aryl methyl sites for hydroxylation is 2. The lowest BCUT2D eigenvalue weighted by Crippen LogP contribution is -2.45. The molecule has 2 aromatic carbocycles. The summed E-state index contributed by atoms with van der Waals surface area (Å²) in [6, 6.07) is 13.0. The summed E-state index contributed by atoms with van der Waals surface area (Å²) in [5, 5.41) is 0. The second kappa shape index (κ2) is 8.20. The quantitative estimate of drug-likeness (QED) is 0.668. The minimum absolute atomic E-state index is 0.126. The summed E-state index contributed by atoms with van der Waals surface area (Å²) < 4.78 is 28.3. The molecule has 0 bridgehead atoms. The number of piperidine rings is 1. The van der Waals surface area contributed by atoms with Crippen LogP contribution in [0.5, 0.6) is 0 Å².